The first-order valence-electron chi connectivity index (χ1n) is 6.84. The summed E-state index contributed by atoms with van der Waals surface area (Å²) in [6.45, 7) is 2.28. The number of thiophene rings is 1. The summed E-state index contributed by atoms with van der Waals surface area (Å²) in [6.07, 6.45) is 10.0. The van der Waals surface area contributed by atoms with Crippen molar-refractivity contribution < 1.29 is 0 Å². The van der Waals surface area contributed by atoms with Gasteiger partial charge in [-0.15, -0.1) is 11.3 Å². The number of hydrogen-bond donors (Lipinski definition) is 1. The van der Waals surface area contributed by atoms with Gasteiger partial charge in [0, 0.05) is 17.0 Å². The molecule has 1 aromatic heterocycles. The van der Waals surface area contributed by atoms with Crippen molar-refractivity contribution in [2.24, 2.45) is 11.8 Å². The van der Waals surface area contributed by atoms with E-state index in [0.717, 1.165) is 17.9 Å². The molecular formula is C15H21NS. The van der Waals surface area contributed by atoms with E-state index in [2.05, 4.69) is 41.9 Å². The molecule has 0 spiro atoms. The van der Waals surface area contributed by atoms with Crippen LogP contribution in [0.15, 0.2) is 29.7 Å². The molecule has 2 aliphatic carbocycles. The Bertz CT molecular complexity index is 382. The second-order valence-corrected chi connectivity index (χ2v) is 6.35. The molecule has 4 unspecified atom stereocenters. The molecule has 0 aromatic carbocycles. The molecule has 1 heterocycles. The lowest BCUT2D eigenvalue weighted by Crippen LogP contribution is -2.49. The van der Waals surface area contributed by atoms with Crippen LogP contribution in [0.4, 0.5) is 0 Å². The van der Waals surface area contributed by atoms with Crippen LogP contribution in [0.1, 0.15) is 43.5 Å². The van der Waals surface area contributed by atoms with Crippen LogP contribution in [0.2, 0.25) is 0 Å². The van der Waals surface area contributed by atoms with E-state index in [-0.39, 0.29) is 0 Å². The zero-order valence-electron chi connectivity index (χ0n) is 10.4. The minimum Gasteiger partial charge on any atom is -0.306 e. The third-order valence-corrected chi connectivity index (χ3v) is 5.23. The zero-order chi connectivity index (χ0) is 11.7. The number of fused-ring (bicyclic) bond motifs is 1. The summed E-state index contributed by atoms with van der Waals surface area (Å²) in [5.41, 5.74) is 0. The van der Waals surface area contributed by atoms with E-state index in [4.69, 9.17) is 0 Å². The Kier molecular flexibility index (Phi) is 3.34. The fraction of sp³-hybridized carbons (Fsp3) is 0.600. The van der Waals surface area contributed by atoms with Crippen molar-refractivity contribution in [3.8, 4) is 0 Å². The highest BCUT2D eigenvalue weighted by Crippen LogP contribution is 2.44. The van der Waals surface area contributed by atoms with Crippen molar-refractivity contribution in [3.05, 3.63) is 34.5 Å². The number of nitrogens with one attached hydrogen (secondary N) is 1. The molecule has 2 aliphatic rings. The molecule has 0 bridgehead atoms. The van der Waals surface area contributed by atoms with Crippen molar-refractivity contribution in [2.75, 3.05) is 0 Å². The average Bonchev–Trinajstić information content (AvgIpc) is 2.93. The van der Waals surface area contributed by atoms with Crippen molar-refractivity contribution in [3.63, 3.8) is 0 Å². The lowest BCUT2D eigenvalue weighted by Gasteiger charge is -2.42. The predicted molar refractivity (Wildman–Crippen MR) is 74.2 cm³/mol. The van der Waals surface area contributed by atoms with Gasteiger partial charge in [0.15, 0.2) is 0 Å². The van der Waals surface area contributed by atoms with Gasteiger partial charge in [0.2, 0.25) is 0 Å². The SMILES string of the molecule is CCCC(NC1CC2CC=CC21)c1cccs1. The van der Waals surface area contributed by atoms with Crippen LogP contribution in [-0.4, -0.2) is 6.04 Å². The summed E-state index contributed by atoms with van der Waals surface area (Å²) < 4.78 is 0. The number of allylic oxidation sites excluding steroid dienone is 1. The minimum absolute atomic E-state index is 0.583. The van der Waals surface area contributed by atoms with Crippen LogP contribution in [0.3, 0.4) is 0 Å². The Morgan fingerprint density at radius 3 is 3.18 bits per heavy atom. The highest BCUT2D eigenvalue weighted by Gasteiger charge is 2.41. The normalized spacial score (nSPS) is 32.2. The second kappa shape index (κ2) is 4.95. The van der Waals surface area contributed by atoms with Gasteiger partial charge in [-0.05, 0) is 42.5 Å². The first-order chi connectivity index (χ1) is 8.38. The maximum Gasteiger partial charge on any atom is 0.0416 e. The van der Waals surface area contributed by atoms with Gasteiger partial charge < -0.3 is 5.32 Å². The summed E-state index contributed by atoms with van der Waals surface area (Å²) in [6, 6.07) is 5.76. The molecule has 1 aromatic rings. The largest absolute Gasteiger partial charge is 0.306 e. The first-order valence-corrected chi connectivity index (χ1v) is 7.72. The van der Waals surface area contributed by atoms with Crippen LogP contribution in [0.25, 0.3) is 0 Å². The third-order valence-electron chi connectivity index (χ3n) is 4.24. The number of hydrogen-bond acceptors (Lipinski definition) is 2. The van der Waals surface area contributed by atoms with Gasteiger partial charge >= 0.3 is 0 Å². The van der Waals surface area contributed by atoms with Crippen molar-refractivity contribution >= 4 is 11.3 Å². The molecule has 4 atom stereocenters. The molecule has 17 heavy (non-hydrogen) atoms. The van der Waals surface area contributed by atoms with Crippen molar-refractivity contribution in [1.29, 1.82) is 0 Å². The van der Waals surface area contributed by atoms with E-state index in [9.17, 15) is 0 Å². The molecule has 1 nitrogen and oxygen atoms in total. The van der Waals surface area contributed by atoms with Gasteiger partial charge in [-0.25, -0.2) is 0 Å². The number of rotatable bonds is 5. The maximum absolute atomic E-state index is 3.89. The van der Waals surface area contributed by atoms with Gasteiger partial charge in [0.1, 0.15) is 0 Å². The maximum atomic E-state index is 3.89. The lowest BCUT2D eigenvalue weighted by molar-refractivity contribution is 0.148. The molecule has 0 saturated heterocycles. The minimum atomic E-state index is 0.583. The summed E-state index contributed by atoms with van der Waals surface area (Å²) in [5, 5.41) is 6.08. The highest BCUT2D eigenvalue weighted by molar-refractivity contribution is 7.10. The standard InChI is InChI=1S/C15H21NS/c1-2-5-13(15-8-4-9-17-15)16-14-10-11-6-3-7-12(11)14/h3-4,7-9,11-14,16H,2,5-6,10H2,1H3. The predicted octanol–water partition coefficient (Wildman–Crippen LogP) is 4.14. The van der Waals surface area contributed by atoms with Crippen LogP contribution in [-0.2, 0) is 0 Å². The van der Waals surface area contributed by atoms with Crippen molar-refractivity contribution in [1.82, 2.24) is 5.32 Å². The van der Waals surface area contributed by atoms with Gasteiger partial charge in [-0.1, -0.05) is 31.6 Å². The van der Waals surface area contributed by atoms with E-state index in [1.165, 1.54) is 30.6 Å². The Hall–Kier alpha value is -0.600. The van der Waals surface area contributed by atoms with E-state index < -0.39 is 0 Å². The van der Waals surface area contributed by atoms with E-state index in [1.54, 1.807) is 0 Å². The monoisotopic (exact) mass is 247 g/mol. The summed E-state index contributed by atoms with van der Waals surface area (Å²) in [5.74, 6) is 1.78. The lowest BCUT2D eigenvalue weighted by atomic mass is 9.71. The second-order valence-electron chi connectivity index (χ2n) is 5.37. The van der Waals surface area contributed by atoms with Crippen LogP contribution < -0.4 is 5.32 Å². The molecule has 92 valence electrons. The molecule has 0 aliphatic heterocycles. The fourth-order valence-corrected chi connectivity index (χ4v) is 4.07. The highest BCUT2D eigenvalue weighted by atomic mass is 32.1. The van der Waals surface area contributed by atoms with Crippen LogP contribution >= 0.6 is 11.3 Å². The Morgan fingerprint density at radius 2 is 2.47 bits per heavy atom. The summed E-state index contributed by atoms with van der Waals surface area (Å²) >= 11 is 1.89. The molecule has 3 rings (SSSR count). The Labute approximate surface area is 108 Å². The molecule has 1 fully saturated rings. The van der Waals surface area contributed by atoms with Crippen molar-refractivity contribution in [2.45, 2.75) is 44.7 Å². The smallest absolute Gasteiger partial charge is 0.0416 e. The first kappa shape index (κ1) is 11.5. The fourth-order valence-electron chi connectivity index (χ4n) is 3.25. The molecule has 1 saturated carbocycles. The summed E-state index contributed by atoms with van der Waals surface area (Å²) in [4.78, 5) is 1.51. The molecular weight excluding hydrogens is 226 g/mol. The van der Waals surface area contributed by atoms with E-state index in [0.29, 0.717) is 6.04 Å². The molecule has 2 heteroatoms. The van der Waals surface area contributed by atoms with Gasteiger partial charge in [0.25, 0.3) is 0 Å². The molecule has 0 radical (unpaired) electrons. The van der Waals surface area contributed by atoms with Crippen LogP contribution in [0.5, 0.6) is 0 Å². The molecule has 0 amide bonds. The summed E-state index contributed by atoms with van der Waals surface area (Å²) in [7, 11) is 0. The van der Waals surface area contributed by atoms with E-state index >= 15 is 0 Å². The van der Waals surface area contributed by atoms with Crippen LogP contribution in [0, 0.1) is 11.8 Å². The van der Waals surface area contributed by atoms with Gasteiger partial charge in [-0.2, -0.15) is 0 Å². The van der Waals surface area contributed by atoms with Gasteiger partial charge in [-0.3, -0.25) is 0 Å². The Balaban J connectivity index is 1.63. The third kappa shape index (κ3) is 2.21. The van der Waals surface area contributed by atoms with E-state index in [1.807, 2.05) is 11.3 Å². The molecule has 1 N–H and O–H groups in total. The quantitative estimate of drug-likeness (QED) is 0.771. The Morgan fingerprint density at radius 1 is 1.53 bits per heavy atom. The topological polar surface area (TPSA) is 12.0 Å². The average molecular weight is 247 g/mol. The van der Waals surface area contributed by atoms with Gasteiger partial charge in [0.05, 0.1) is 0 Å². The zero-order valence-corrected chi connectivity index (χ0v) is 11.2.